The van der Waals surface area contributed by atoms with Crippen LogP contribution in [-0.2, 0) is 16.0 Å². The summed E-state index contributed by atoms with van der Waals surface area (Å²) in [5.74, 6) is 0.000610. The zero-order chi connectivity index (χ0) is 18.0. The van der Waals surface area contributed by atoms with E-state index in [9.17, 15) is 9.59 Å². The Bertz CT molecular complexity index is 806. The maximum absolute atomic E-state index is 12.2. The summed E-state index contributed by atoms with van der Waals surface area (Å²) in [5, 5.41) is 3.74. The average molecular weight is 377 g/mol. The highest BCUT2D eigenvalue weighted by Gasteiger charge is 2.28. The van der Waals surface area contributed by atoms with E-state index in [1.165, 1.54) is 0 Å². The molecule has 1 N–H and O–H groups in total. The molecule has 130 valence electrons. The van der Waals surface area contributed by atoms with Crippen molar-refractivity contribution < 1.29 is 9.59 Å². The van der Waals surface area contributed by atoms with Crippen LogP contribution >= 0.6 is 23.2 Å². The SMILES string of the molecule is CC1CCC(=O)N1c1ccc(NC(=O)Cc2ccc(Cl)c(Cl)c2)cc1. The van der Waals surface area contributed by atoms with Crippen LogP contribution in [0.15, 0.2) is 42.5 Å². The van der Waals surface area contributed by atoms with E-state index in [4.69, 9.17) is 23.2 Å². The van der Waals surface area contributed by atoms with E-state index in [-0.39, 0.29) is 24.3 Å². The van der Waals surface area contributed by atoms with Crippen LogP contribution in [0.5, 0.6) is 0 Å². The van der Waals surface area contributed by atoms with Crippen LogP contribution in [0.25, 0.3) is 0 Å². The van der Waals surface area contributed by atoms with Gasteiger partial charge < -0.3 is 10.2 Å². The molecule has 2 aromatic carbocycles. The standard InChI is InChI=1S/C19H18Cl2N2O2/c1-12-2-9-19(25)23(12)15-6-4-14(5-7-15)22-18(24)11-13-3-8-16(20)17(21)10-13/h3-8,10,12H,2,9,11H2,1H3,(H,22,24). The van der Waals surface area contributed by atoms with Crippen molar-refractivity contribution in [2.45, 2.75) is 32.2 Å². The summed E-state index contributed by atoms with van der Waals surface area (Å²) >= 11 is 11.8. The van der Waals surface area contributed by atoms with Crippen molar-refractivity contribution in [2.75, 3.05) is 10.2 Å². The number of hydrogen-bond donors (Lipinski definition) is 1. The third-order valence-corrected chi connectivity index (χ3v) is 5.00. The monoisotopic (exact) mass is 376 g/mol. The number of anilines is 2. The summed E-state index contributed by atoms with van der Waals surface area (Å²) in [4.78, 5) is 25.9. The van der Waals surface area contributed by atoms with Crippen molar-refractivity contribution >= 4 is 46.4 Å². The molecule has 6 heteroatoms. The van der Waals surface area contributed by atoms with E-state index in [1.54, 1.807) is 35.2 Å². The Labute approximate surface area is 156 Å². The molecule has 0 aromatic heterocycles. The zero-order valence-corrected chi connectivity index (χ0v) is 15.3. The Morgan fingerprint density at radius 1 is 1.16 bits per heavy atom. The first-order chi connectivity index (χ1) is 11.9. The fourth-order valence-electron chi connectivity index (χ4n) is 2.97. The van der Waals surface area contributed by atoms with E-state index in [1.807, 2.05) is 19.1 Å². The second-order valence-corrected chi connectivity index (χ2v) is 6.99. The molecule has 1 aliphatic heterocycles. The number of nitrogens with zero attached hydrogens (tertiary/aromatic N) is 1. The van der Waals surface area contributed by atoms with Crippen LogP contribution in [0.2, 0.25) is 10.0 Å². The smallest absolute Gasteiger partial charge is 0.228 e. The first kappa shape index (κ1) is 17.8. The van der Waals surface area contributed by atoms with Gasteiger partial charge in [-0.2, -0.15) is 0 Å². The lowest BCUT2D eigenvalue weighted by Gasteiger charge is -2.22. The zero-order valence-electron chi connectivity index (χ0n) is 13.8. The van der Waals surface area contributed by atoms with Crippen molar-refractivity contribution in [2.24, 2.45) is 0 Å². The Kier molecular flexibility index (Phi) is 5.30. The lowest BCUT2D eigenvalue weighted by Crippen LogP contribution is -2.30. The van der Waals surface area contributed by atoms with Crippen molar-refractivity contribution in [1.29, 1.82) is 0 Å². The number of carbonyl (C=O) groups excluding carboxylic acids is 2. The van der Waals surface area contributed by atoms with E-state index in [2.05, 4.69) is 5.32 Å². The van der Waals surface area contributed by atoms with Crippen LogP contribution < -0.4 is 10.2 Å². The maximum atomic E-state index is 12.2. The molecule has 4 nitrogen and oxygen atoms in total. The van der Waals surface area contributed by atoms with Crippen LogP contribution in [0.1, 0.15) is 25.3 Å². The van der Waals surface area contributed by atoms with Gasteiger partial charge in [-0.3, -0.25) is 9.59 Å². The summed E-state index contributed by atoms with van der Waals surface area (Å²) < 4.78 is 0. The first-order valence-electron chi connectivity index (χ1n) is 8.10. The van der Waals surface area contributed by atoms with E-state index < -0.39 is 0 Å². The van der Waals surface area contributed by atoms with Gasteiger partial charge in [0.15, 0.2) is 0 Å². The summed E-state index contributed by atoms with van der Waals surface area (Å²) in [5.41, 5.74) is 2.34. The normalized spacial score (nSPS) is 17.0. The van der Waals surface area contributed by atoms with Crippen LogP contribution in [0.3, 0.4) is 0 Å². The van der Waals surface area contributed by atoms with Crippen molar-refractivity contribution in [1.82, 2.24) is 0 Å². The number of carbonyl (C=O) groups is 2. The lowest BCUT2D eigenvalue weighted by molar-refractivity contribution is -0.117. The number of hydrogen-bond acceptors (Lipinski definition) is 2. The number of benzene rings is 2. The average Bonchev–Trinajstić information content (AvgIpc) is 2.91. The van der Waals surface area contributed by atoms with Crippen molar-refractivity contribution in [3.05, 3.63) is 58.1 Å². The van der Waals surface area contributed by atoms with Crippen molar-refractivity contribution in [3.63, 3.8) is 0 Å². The highest BCUT2D eigenvalue weighted by molar-refractivity contribution is 6.42. The van der Waals surface area contributed by atoms with Crippen LogP contribution in [0, 0.1) is 0 Å². The molecular weight excluding hydrogens is 359 g/mol. The van der Waals surface area contributed by atoms with Gasteiger partial charge in [-0.05, 0) is 55.3 Å². The highest BCUT2D eigenvalue weighted by atomic mass is 35.5. The quantitative estimate of drug-likeness (QED) is 0.841. The topological polar surface area (TPSA) is 49.4 Å². The molecule has 0 radical (unpaired) electrons. The number of rotatable bonds is 4. The molecule has 1 atom stereocenters. The third kappa shape index (κ3) is 4.14. The molecular formula is C19H18Cl2N2O2. The van der Waals surface area contributed by atoms with Gasteiger partial charge in [-0.25, -0.2) is 0 Å². The Morgan fingerprint density at radius 3 is 2.48 bits per heavy atom. The van der Waals surface area contributed by atoms with Gasteiger partial charge in [-0.15, -0.1) is 0 Å². The first-order valence-corrected chi connectivity index (χ1v) is 8.85. The van der Waals surface area contributed by atoms with Gasteiger partial charge in [0.05, 0.1) is 16.5 Å². The summed E-state index contributed by atoms with van der Waals surface area (Å²) in [7, 11) is 0. The lowest BCUT2D eigenvalue weighted by atomic mass is 10.1. The fourth-order valence-corrected chi connectivity index (χ4v) is 3.29. The predicted octanol–water partition coefficient (Wildman–Crippen LogP) is 4.69. The van der Waals surface area contributed by atoms with E-state index >= 15 is 0 Å². The second kappa shape index (κ2) is 7.46. The molecule has 1 aliphatic rings. The molecule has 0 saturated carbocycles. The second-order valence-electron chi connectivity index (χ2n) is 6.17. The largest absolute Gasteiger partial charge is 0.326 e. The fraction of sp³-hybridized carbons (Fsp3) is 0.263. The number of halogens is 2. The summed E-state index contributed by atoms with van der Waals surface area (Å²) in [6.07, 6.45) is 1.67. The predicted molar refractivity (Wildman–Crippen MR) is 101 cm³/mol. The minimum atomic E-state index is -0.142. The molecule has 1 unspecified atom stereocenters. The number of amides is 2. The van der Waals surface area contributed by atoms with Gasteiger partial charge in [0.2, 0.25) is 11.8 Å². The van der Waals surface area contributed by atoms with E-state index in [0.29, 0.717) is 22.2 Å². The summed E-state index contributed by atoms with van der Waals surface area (Å²) in [6.45, 7) is 2.04. The van der Waals surface area contributed by atoms with Crippen LogP contribution in [0.4, 0.5) is 11.4 Å². The van der Waals surface area contributed by atoms with Gasteiger partial charge in [0.1, 0.15) is 0 Å². The van der Waals surface area contributed by atoms with Gasteiger partial charge in [0.25, 0.3) is 0 Å². The van der Waals surface area contributed by atoms with Crippen LogP contribution in [-0.4, -0.2) is 17.9 Å². The minimum Gasteiger partial charge on any atom is -0.326 e. The maximum Gasteiger partial charge on any atom is 0.228 e. The number of nitrogens with one attached hydrogen (secondary N) is 1. The molecule has 1 heterocycles. The molecule has 2 amide bonds. The van der Waals surface area contributed by atoms with Crippen molar-refractivity contribution in [3.8, 4) is 0 Å². The molecule has 0 spiro atoms. The Balaban J connectivity index is 1.63. The van der Waals surface area contributed by atoms with Gasteiger partial charge in [-0.1, -0.05) is 29.3 Å². The molecule has 3 rings (SSSR count). The Morgan fingerprint density at radius 2 is 1.88 bits per heavy atom. The molecule has 2 aromatic rings. The molecule has 25 heavy (non-hydrogen) atoms. The third-order valence-electron chi connectivity index (χ3n) is 4.26. The van der Waals surface area contributed by atoms with Gasteiger partial charge in [0, 0.05) is 23.8 Å². The Hall–Kier alpha value is -2.04. The molecule has 1 saturated heterocycles. The minimum absolute atomic E-state index is 0.142. The van der Waals surface area contributed by atoms with Gasteiger partial charge >= 0.3 is 0 Å². The summed E-state index contributed by atoms with van der Waals surface area (Å²) in [6, 6.07) is 12.7. The molecule has 0 bridgehead atoms. The highest BCUT2D eigenvalue weighted by Crippen LogP contribution is 2.27. The molecule has 1 fully saturated rings. The van der Waals surface area contributed by atoms with E-state index in [0.717, 1.165) is 17.7 Å². The molecule has 0 aliphatic carbocycles.